The van der Waals surface area contributed by atoms with Gasteiger partial charge in [-0.1, -0.05) is 19.1 Å². The van der Waals surface area contributed by atoms with Gasteiger partial charge in [0.05, 0.1) is 5.69 Å². The van der Waals surface area contributed by atoms with E-state index >= 15 is 0 Å². The van der Waals surface area contributed by atoms with E-state index in [2.05, 4.69) is 17.3 Å². The standard InChI is InChI=1S/C19H24N4O3/c1-4-14-5-7-15(8-6-14)26-12-17(24)20-16-9-10-23(19(16)25)18-11-13(2)21-22(18)3/h5-8,11,16H,4,9-10,12H2,1-3H3,(H,20,24)/t16-/m0/s1. The van der Waals surface area contributed by atoms with Gasteiger partial charge in [0.2, 0.25) is 0 Å². The van der Waals surface area contributed by atoms with Gasteiger partial charge in [-0.2, -0.15) is 5.10 Å². The van der Waals surface area contributed by atoms with Crippen LogP contribution in [0, 0.1) is 6.92 Å². The van der Waals surface area contributed by atoms with Gasteiger partial charge < -0.3 is 10.1 Å². The molecule has 1 aromatic carbocycles. The van der Waals surface area contributed by atoms with Gasteiger partial charge in [-0.3, -0.25) is 19.2 Å². The minimum Gasteiger partial charge on any atom is -0.484 e. The summed E-state index contributed by atoms with van der Waals surface area (Å²) in [6, 6.07) is 8.98. The van der Waals surface area contributed by atoms with Crippen LogP contribution in [-0.4, -0.2) is 40.8 Å². The Morgan fingerprint density at radius 1 is 1.35 bits per heavy atom. The third-order valence-electron chi connectivity index (χ3n) is 4.50. The third kappa shape index (κ3) is 3.87. The summed E-state index contributed by atoms with van der Waals surface area (Å²) >= 11 is 0. The Balaban J connectivity index is 1.53. The van der Waals surface area contributed by atoms with Gasteiger partial charge in [-0.05, 0) is 37.5 Å². The number of nitrogens with one attached hydrogen (secondary N) is 1. The van der Waals surface area contributed by atoms with Crippen LogP contribution in [0.3, 0.4) is 0 Å². The van der Waals surface area contributed by atoms with Crippen molar-refractivity contribution in [2.45, 2.75) is 32.7 Å². The van der Waals surface area contributed by atoms with Crippen molar-refractivity contribution >= 4 is 17.6 Å². The second-order valence-corrected chi connectivity index (χ2v) is 6.45. The monoisotopic (exact) mass is 356 g/mol. The Bertz CT molecular complexity index is 798. The number of ether oxygens (including phenoxy) is 1. The van der Waals surface area contributed by atoms with Crippen molar-refractivity contribution in [2.24, 2.45) is 7.05 Å². The Hall–Kier alpha value is -2.83. The fourth-order valence-corrected chi connectivity index (χ4v) is 3.10. The van der Waals surface area contributed by atoms with E-state index in [4.69, 9.17) is 4.74 Å². The zero-order valence-corrected chi connectivity index (χ0v) is 15.4. The maximum absolute atomic E-state index is 12.6. The van der Waals surface area contributed by atoms with Crippen molar-refractivity contribution < 1.29 is 14.3 Å². The number of carbonyl (C=O) groups excluding carboxylic acids is 2. The summed E-state index contributed by atoms with van der Waals surface area (Å²) in [5.41, 5.74) is 2.06. The van der Waals surface area contributed by atoms with Gasteiger partial charge in [0.15, 0.2) is 6.61 Å². The second kappa shape index (κ2) is 7.59. The van der Waals surface area contributed by atoms with E-state index in [9.17, 15) is 9.59 Å². The first-order chi connectivity index (χ1) is 12.5. The summed E-state index contributed by atoms with van der Waals surface area (Å²) in [7, 11) is 1.80. The molecule has 0 saturated carbocycles. The van der Waals surface area contributed by atoms with Crippen LogP contribution in [0.15, 0.2) is 30.3 Å². The quantitative estimate of drug-likeness (QED) is 0.853. The molecule has 7 heteroatoms. The molecule has 2 heterocycles. The maximum atomic E-state index is 12.6. The predicted octanol–water partition coefficient (Wildman–Crippen LogP) is 1.59. The van der Waals surface area contributed by atoms with Gasteiger partial charge in [0.25, 0.3) is 11.8 Å². The largest absolute Gasteiger partial charge is 0.484 e. The summed E-state index contributed by atoms with van der Waals surface area (Å²) in [5.74, 6) is 0.971. The highest BCUT2D eigenvalue weighted by atomic mass is 16.5. The van der Waals surface area contributed by atoms with E-state index in [1.54, 1.807) is 16.6 Å². The Morgan fingerprint density at radius 2 is 2.08 bits per heavy atom. The molecule has 1 fully saturated rings. The average molecular weight is 356 g/mol. The molecule has 1 aromatic heterocycles. The molecular formula is C19H24N4O3. The van der Waals surface area contributed by atoms with E-state index < -0.39 is 6.04 Å². The van der Waals surface area contributed by atoms with Crippen molar-refractivity contribution in [1.82, 2.24) is 15.1 Å². The van der Waals surface area contributed by atoms with Crippen LogP contribution >= 0.6 is 0 Å². The number of carbonyl (C=O) groups is 2. The van der Waals surface area contributed by atoms with Crippen molar-refractivity contribution in [1.29, 1.82) is 0 Å². The zero-order chi connectivity index (χ0) is 18.7. The van der Waals surface area contributed by atoms with E-state index in [-0.39, 0.29) is 18.4 Å². The number of aryl methyl sites for hydroxylation is 3. The highest BCUT2D eigenvalue weighted by Gasteiger charge is 2.35. The lowest BCUT2D eigenvalue weighted by Crippen LogP contribution is -2.43. The SMILES string of the molecule is CCc1ccc(OCC(=O)N[C@H]2CCN(c3cc(C)nn3C)C2=O)cc1. The molecule has 138 valence electrons. The molecular weight excluding hydrogens is 332 g/mol. The molecule has 0 bridgehead atoms. The molecule has 0 unspecified atom stereocenters. The summed E-state index contributed by atoms with van der Waals surface area (Å²) in [6.07, 6.45) is 1.53. The highest BCUT2D eigenvalue weighted by Crippen LogP contribution is 2.22. The number of aromatic nitrogens is 2. The van der Waals surface area contributed by atoms with Crippen LogP contribution in [0.4, 0.5) is 5.82 Å². The van der Waals surface area contributed by atoms with Crippen LogP contribution < -0.4 is 15.0 Å². The van der Waals surface area contributed by atoms with Crippen molar-refractivity contribution in [3.63, 3.8) is 0 Å². The fraction of sp³-hybridized carbons (Fsp3) is 0.421. The van der Waals surface area contributed by atoms with E-state index in [0.29, 0.717) is 18.7 Å². The van der Waals surface area contributed by atoms with Crippen molar-refractivity contribution in [2.75, 3.05) is 18.1 Å². The molecule has 3 rings (SSSR count). The number of amides is 2. The third-order valence-corrected chi connectivity index (χ3v) is 4.50. The Morgan fingerprint density at radius 3 is 2.69 bits per heavy atom. The van der Waals surface area contributed by atoms with E-state index in [1.165, 1.54) is 5.56 Å². The molecule has 7 nitrogen and oxygen atoms in total. The van der Waals surface area contributed by atoms with Gasteiger partial charge in [0.1, 0.15) is 17.6 Å². The first-order valence-corrected chi connectivity index (χ1v) is 8.81. The molecule has 0 radical (unpaired) electrons. The molecule has 2 aromatic rings. The fourth-order valence-electron chi connectivity index (χ4n) is 3.10. The van der Waals surface area contributed by atoms with E-state index in [1.807, 2.05) is 37.3 Å². The number of rotatable bonds is 6. The first kappa shape index (κ1) is 18.0. The number of benzene rings is 1. The van der Waals surface area contributed by atoms with Gasteiger partial charge in [-0.15, -0.1) is 0 Å². The van der Waals surface area contributed by atoms with Crippen LogP contribution in [0.5, 0.6) is 5.75 Å². The first-order valence-electron chi connectivity index (χ1n) is 8.81. The topological polar surface area (TPSA) is 76.5 Å². The van der Waals surface area contributed by atoms with Crippen LogP contribution in [0.2, 0.25) is 0 Å². The lowest BCUT2D eigenvalue weighted by atomic mass is 10.2. The Kier molecular flexibility index (Phi) is 5.25. The number of nitrogens with zero attached hydrogens (tertiary/aromatic N) is 3. The van der Waals surface area contributed by atoms with Crippen LogP contribution in [0.25, 0.3) is 0 Å². The van der Waals surface area contributed by atoms with Gasteiger partial charge in [0, 0.05) is 19.7 Å². The summed E-state index contributed by atoms with van der Waals surface area (Å²) in [5, 5.41) is 7.03. The van der Waals surface area contributed by atoms with Gasteiger partial charge >= 0.3 is 0 Å². The molecule has 1 saturated heterocycles. The van der Waals surface area contributed by atoms with E-state index in [0.717, 1.165) is 17.9 Å². The zero-order valence-electron chi connectivity index (χ0n) is 15.4. The highest BCUT2D eigenvalue weighted by molar-refractivity contribution is 6.00. The van der Waals surface area contributed by atoms with Crippen molar-refractivity contribution in [3.8, 4) is 5.75 Å². The van der Waals surface area contributed by atoms with Crippen molar-refractivity contribution in [3.05, 3.63) is 41.6 Å². The molecule has 1 aliphatic heterocycles. The summed E-state index contributed by atoms with van der Waals surface area (Å²) in [4.78, 5) is 26.4. The molecule has 0 aliphatic carbocycles. The van der Waals surface area contributed by atoms with Gasteiger partial charge in [-0.25, -0.2) is 0 Å². The molecule has 26 heavy (non-hydrogen) atoms. The number of hydrogen-bond donors (Lipinski definition) is 1. The predicted molar refractivity (Wildman–Crippen MR) is 98.2 cm³/mol. The minimum atomic E-state index is -0.524. The van der Waals surface area contributed by atoms with Crippen LogP contribution in [0.1, 0.15) is 24.6 Å². The van der Waals surface area contributed by atoms with Crippen LogP contribution in [-0.2, 0) is 23.1 Å². The minimum absolute atomic E-state index is 0.111. The number of hydrogen-bond acceptors (Lipinski definition) is 4. The molecule has 0 spiro atoms. The Labute approximate surface area is 152 Å². The molecule has 2 amide bonds. The second-order valence-electron chi connectivity index (χ2n) is 6.45. The smallest absolute Gasteiger partial charge is 0.258 e. The lowest BCUT2D eigenvalue weighted by Gasteiger charge is -2.17. The summed E-state index contributed by atoms with van der Waals surface area (Å²) in [6.45, 7) is 4.41. The normalized spacial score (nSPS) is 16.8. The molecule has 1 atom stereocenters. The average Bonchev–Trinajstić information content (AvgIpc) is 3.15. The number of anilines is 1. The lowest BCUT2D eigenvalue weighted by molar-refractivity contribution is -0.127. The molecule has 1 N–H and O–H groups in total. The molecule has 1 aliphatic rings. The summed E-state index contributed by atoms with van der Waals surface area (Å²) < 4.78 is 7.18. The maximum Gasteiger partial charge on any atom is 0.258 e.